The van der Waals surface area contributed by atoms with E-state index in [9.17, 15) is 14.0 Å². The molecule has 0 radical (unpaired) electrons. The predicted molar refractivity (Wildman–Crippen MR) is 118 cm³/mol. The predicted octanol–water partition coefficient (Wildman–Crippen LogP) is 4.43. The number of halogens is 1. The first-order valence-electron chi connectivity index (χ1n) is 9.93. The zero-order valence-corrected chi connectivity index (χ0v) is 18.1. The van der Waals surface area contributed by atoms with Gasteiger partial charge in [0.25, 0.3) is 0 Å². The van der Waals surface area contributed by atoms with Crippen molar-refractivity contribution < 1.29 is 23.5 Å². The maximum atomic E-state index is 14.2. The number of nitrogens with one attached hydrogen (secondary N) is 1. The first kappa shape index (κ1) is 21.1. The molecule has 7 heteroatoms. The van der Waals surface area contributed by atoms with Crippen LogP contribution in [0.4, 0.5) is 4.39 Å². The Morgan fingerprint density at radius 2 is 2.03 bits per heavy atom. The van der Waals surface area contributed by atoms with Gasteiger partial charge in [0.2, 0.25) is 5.91 Å². The van der Waals surface area contributed by atoms with Gasteiger partial charge in [-0.3, -0.25) is 9.59 Å². The highest BCUT2D eigenvalue weighted by Crippen LogP contribution is 2.42. The topological polar surface area (TPSA) is 64.6 Å². The molecular formula is C24H22FNO4S. The molecular weight excluding hydrogens is 417 g/mol. The minimum atomic E-state index is -0.351. The molecule has 0 bridgehead atoms. The first-order valence-corrected chi connectivity index (χ1v) is 10.7. The van der Waals surface area contributed by atoms with Crippen molar-refractivity contribution in [3.05, 3.63) is 70.4 Å². The second-order valence-corrected chi connectivity index (χ2v) is 8.48. The second kappa shape index (κ2) is 8.89. The number of hydrogen-bond donors (Lipinski definition) is 1. The van der Waals surface area contributed by atoms with E-state index in [1.165, 1.54) is 30.4 Å². The molecule has 1 N–H and O–H groups in total. The van der Waals surface area contributed by atoms with Gasteiger partial charge in [0.1, 0.15) is 23.4 Å². The van der Waals surface area contributed by atoms with Crippen LogP contribution in [-0.2, 0) is 17.6 Å². The van der Waals surface area contributed by atoms with Gasteiger partial charge in [-0.1, -0.05) is 18.2 Å². The van der Waals surface area contributed by atoms with Gasteiger partial charge in [-0.25, -0.2) is 4.39 Å². The molecule has 0 unspecified atom stereocenters. The normalized spacial score (nSPS) is 14.6. The molecule has 1 aliphatic heterocycles. The van der Waals surface area contributed by atoms with Crippen LogP contribution in [0.1, 0.15) is 27.7 Å². The first-order chi connectivity index (χ1) is 14.9. The van der Waals surface area contributed by atoms with E-state index in [1.807, 2.05) is 30.3 Å². The van der Waals surface area contributed by atoms with Crippen LogP contribution in [0, 0.1) is 5.82 Å². The van der Waals surface area contributed by atoms with Crippen LogP contribution < -0.4 is 14.8 Å². The minimum absolute atomic E-state index is 0.0270. The number of ketones is 1. The van der Waals surface area contributed by atoms with Gasteiger partial charge in [-0.15, -0.1) is 11.3 Å². The lowest BCUT2D eigenvalue weighted by atomic mass is 10.0. The third-order valence-corrected chi connectivity index (χ3v) is 6.37. The summed E-state index contributed by atoms with van der Waals surface area (Å²) in [5, 5.41) is 2.90. The standard InChI is InChI=1S/C24H22FNO4S/c1-14(27)21-7-8-22(31-21)19-12-17(25)9-16-10-18(30-24(16)19)13-26-23(28)11-15-5-3-4-6-20(15)29-2/h3-9,12,18H,10-11,13H2,1-2H3,(H,26,28)/t18-/m0/s1. The number of methoxy groups -OCH3 is 1. The number of amides is 1. The number of hydrogen-bond acceptors (Lipinski definition) is 5. The fraction of sp³-hybridized carbons (Fsp3) is 0.250. The minimum Gasteiger partial charge on any atom is -0.496 e. The monoisotopic (exact) mass is 439 g/mol. The summed E-state index contributed by atoms with van der Waals surface area (Å²) in [4.78, 5) is 25.4. The third-order valence-electron chi connectivity index (χ3n) is 5.15. The van der Waals surface area contributed by atoms with E-state index in [-0.39, 0.29) is 30.0 Å². The highest BCUT2D eigenvalue weighted by Gasteiger charge is 2.28. The maximum Gasteiger partial charge on any atom is 0.224 e. The number of carbonyl (C=O) groups excluding carboxylic acids is 2. The van der Waals surface area contributed by atoms with Crippen LogP contribution in [0.15, 0.2) is 48.5 Å². The highest BCUT2D eigenvalue weighted by molar-refractivity contribution is 7.17. The van der Waals surface area contributed by atoms with Crippen molar-refractivity contribution in [2.75, 3.05) is 13.7 Å². The van der Waals surface area contributed by atoms with Crippen LogP contribution in [0.5, 0.6) is 11.5 Å². The molecule has 2 heterocycles. The van der Waals surface area contributed by atoms with Gasteiger partial charge in [0.15, 0.2) is 5.78 Å². The Hall–Kier alpha value is -3.19. The van der Waals surface area contributed by atoms with Crippen molar-refractivity contribution in [1.29, 1.82) is 0 Å². The summed E-state index contributed by atoms with van der Waals surface area (Å²) in [6.45, 7) is 1.82. The molecule has 0 aliphatic carbocycles. The maximum absolute atomic E-state index is 14.2. The SMILES string of the molecule is COc1ccccc1CC(=O)NC[C@@H]1Cc2cc(F)cc(-c3ccc(C(C)=O)s3)c2O1. The molecule has 3 aromatic rings. The van der Waals surface area contributed by atoms with E-state index in [0.717, 1.165) is 16.0 Å². The zero-order valence-electron chi connectivity index (χ0n) is 17.2. The van der Waals surface area contributed by atoms with Crippen LogP contribution in [0.2, 0.25) is 0 Å². The Labute approximate surface area is 183 Å². The smallest absolute Gasteiger partial charge is 0.224 e. The van der Waals surface area contributed by atoms with Crippen LogP contribution in [-0.4, -0.2) is 31.4 Å². The molecule has 0 saturated heterocycles. The fourth-order valence-corrected chi connectivity index (χ4v) is 4.59. The molecule has 1 atom stereocenters. The Morgan fingerprint density at radius 3 is 2.77 bits per heavy atom. The van der Waals surface area contributed by atoms with Crippen molar-refractivity contribution in [2.45, 2.75) is 25.9 Å². The largest absolute Gasteiger partial charge is 0.496 e. The number of thiophene rings is 1. The zero-order chi connectivity index (χ0) is 22.0. The van der Waals surface area contributed by atoms with E-state index in [1.54, 1.807) is 13.2 Å². The summed E-state index contributed by atoms with van der Waals surface area (Å²) in [5.41, 5.74) is 2.20. The molecule has 1 amide bonds. The van der Waals surface area contributed by atoms with Crippen molar-refractivity contribution >= 4 is 23.0 Å². The van der Waals surface area contributed by atoms with Crippen LogP contribution >= 0.6 is 11.3 Å². The number of benzene rings is 2. The van der Waals surface area contributed by atoms with Gasteiger partial charge in [0, 0.05) is 28.0 Å². The number of ether oxygens (including phenoxy) is 2. The Morgan fingerprint density at radius 1 is 1.23 bits per heavy atom. The molecule has 5 nitrogen and oxygen atoms in total. The molecule has 2 aromatic carbocycles. The van der Waals surface area contributed by atoms with Crippen LogP contribution in [0.3, 0.4) is 0 Å². The van der Waals surface area contributed by atoms with E-state index in [4.69, 9.17) is 9.47 Å². The third kappa shape index (κ3) is 4.61. The average Bonchev–Trinajstić information content (AvgIpc) is 3.39. The summed E-state index contributed by atoms with van der Waals surface area (Å²) < 4.78 is 25.6. The molecule has 31 heavy (non-hydrogen) atoms. The summed E-state index contributed by atoms with van der Waals surface area (Å²) in [6, 6.07) is 13.8. The lowest BCUT2D eigenvalue weighted by Crippen LogP contribution is -2.35. The lowest BCUT2D eigenvalue weighted by Gasteiger charge is -2.14. The average molecular weight is 440 g/mol. The molecule has 0 spiro atoms. The summed E-state index contributed by atoms with van der Waals surface area (Å²) in [7, 11) is 1.57. The summed E-state index contributed by atoms with van der Waals surface area (Å²) in [5.74, 6) is 0.766. The lowest BCUT2D eigenvalue weighted by molar-refractivity contribution is -0.120. The second-order valence-electron chi connectivity index (χ2n) is 7.40. The van der Waals surface area contributed by atoms with E-state index in [0.29, 0.717) is 34.9 Å². The number of para-hydroxylation sites is 1. The molecule has 0 fully saturated rings. The highest BCUT2D eigenvalue weighted by atomic mass is 32.1. The molecule has 1 aliphatic rings. The van der Waals surface area contributed by atoms with Crippen LogP contribution in [0.25, 0.3) is 10.4 Å². The number of Topliss-reactive ketones (excluding diaryl/α,β-unsaturated/α-hetero) is 1. The number of rotatable bonds is 7. The molecule has 160 valence electrons. The Balaban J connectivity index is 1.44. The molecule has 1 aromatic heterocycles. The fourth-order valence-electron chi connectivity index (χ4n) is 3.68. The van der Waals surface area contributed by atoms with Crippen molar-refractivity contribution in [3.63, 3.8) is 0 Å². The van der Waals surface area contributed by atoms with Crippen molar-refractivity contribution in [3.8, 4) is 21.9 Å². The molecule has 0 saturated carbocycles. The van der Waals surface area contributed by atoms with Gasteiger partial charge in [0.05, 0.1) is 25.0 Å². The van der Waals surface area contributed by atoms with E-state index >= 15 is 0 Å². The van der Waals surface area contributed by atoms with Gasteiger partial charge in [-0.05, 0) is 37.3 Å². The quantitative estimate of drug-likeness (QED) is 0.554. The Bertz CT molecular complexity index is 1140. The summed E-state index contributed by atoms with van der Waals surface area (Å²) in [6.07, 6.45) is 0.413. The molecule has 4 rings (SSSR count). The van der Waals surface area contributed by atoms with Crippen molar-refractivity contribution in [2.24, 2.45) is 0 Å². The number of carbonyl (C=O) groups is 2. The van der Waals surface area contributed by atoms with E-state index < -0.39 is 0 Å². The summed E-state index contributed by atoms with van der Waals surface area (Å²) >= 11 is 1.32. The van der Waals surface area contributed by atoms with Gasteiger partial charge < -0.3 is 14.8 Å². The van der Waals surface area contributed by atoms with E-state index in [2.05, 4.69) is 5.32 Å². The Kier molecular flexibility index (Phi) is 6.04. The van der Waals surface area contributed by atoms with Crippen molar-refractivity contribution in [1.82, 2.24) is 5.32 Å². The number of fused-ring (bicyclic) bond motifs is 1. The van der Waals surface area contributed by atoms with Gasteiger partial charge >= 0.3 is 0 Å². The van der Waals surface area contributed by atoms with Gasteiger partial charge in [-0.2, -0.15) is 0 Å².